The van der Waals surface area contributed by atoms with E-state index in [9.17, 15) is 0 Å². The third kappa shape index (κ3) is 6.56. The highest BCUT2D eigenvalue weighted by Gasteiger charge is 2.08. The lowest BCUT2D eigenvalue weighted by Gasteiger charge is -2.17. The highest BCUT2D eigenvalue weighted by molar-refractivity contribution is 9.10. The summed E-state index contributed by atoms with van der Waals surface area (Å²) in [6, 6.07) is 8.43. The van der Waals surface area contributed by atoms with Crippen molar-refractivity contribution in [1.82, 2.24) is 5.32 Å². The van der Waals surface area contributed by atoms with E-state index in [0.717, 1.165) is 23.3 Å². The van der Waals surface area contributed by atoms with E-state index in [1.165, 1.54) is 5.56 Å². The smallest absolute Gasteiger partial charge is 0.0206 e. The van der Waals surface area contributed by atoms with Crippen molar-refractivity contribution in [3.05, 3.63) is 34.3 Å². The van der Waals surface area contributed by atoms with Gasteiger partial charge in [0.2, 0.25) is 0 Å². The number of hydrogen-bond acceptors (Lipinski definition) is 2. The van der Waals surface area contributed by atoms with E-state index in [1.54, 1.807) is 0 Å². The normalized spacial score (nSPS) is 11.8. The molecule has 1 aromatic carbocycles. The minimum Gasteiger partial charge on any atom is -0.312 e. The summed E-state index contributed by atoms with van der Waals surface area (Å²) in [5, 5.41) is 3.46. The Kier molecular flexibility index (Phi) is 5.87. The Labute approximate surface area is 112 Å². The highest BCUT2D eigenvalue weighted by atomic mass is 79.9. The van der Waals surface area contributed by atoms with E-state index < -0.39 is 0 Å². The molecule has 0 fully saturated rings. The van der Waals surface area contributed by atoms with Crippen molar-refractivity contribution in [2.45, 2.75) is 32.1 Å². The van der Waals surface area contributed by atoms with Crippen LogP contribution in [0.2, 0.25) is 0 Å². The van der Waals surface area contributed by atoms with Crippen LogP contribution in [0.4, 0.5) is 0 Å². The number of halogens is 1. The first-order valence-corrected chi connectivity index (χ1v) is 7.34. The van der Waals surface area contributed by atoms with Gasteiger partial charge in [0.15, 0.2) is 0 Å². The Morgan fingerprint density at radius 3 is 2.69 bits per heavy atom. The van der Waals surface area contributed by atoms with Crippen molar-refractivity contribution in [3.8, 4) is 0 Å². The first-order valence-electron chi connectivity index (χ1n) is 5.56. The zero-order valence-corrected chi connectivity index (χ0v) is 12.6. The van der Waals surface area contributed by atoms with Gasteiger partial charge in [-0.3, -0.25) is 0 Å². The van der Waals surface area contributed by atoms with Crippen molar-refractivity contribution in [2.75, 3.05) is 12.3 Å². The van der Waals surface area contributed by atoms with Crippen LogP contribution in [0.5, 0.6) is 0 Å². The Hall–Kier alpha value is 0.01000. The molecule has 0 saturated heterocycles. The van der Waals surface area contributed by atoms with Gasteiger partial charge in [-0.25, -0.2) is 0 Å². The molecular weight excluding hydrogens is 282 g/mol. The van der Waals surface area contributed by atoms with Crippen LogP contribution in [-0.4, -0.2) is 17.0 Å². The Morgan fingerprint density at radius 2 is 2.06 bits per heavy atom. The molecule has 0 heterocycles. The van der Waals surface area contributed by atoms with Gasteiger partial charge in [0.05, 0.1) is 0 Å². The quantitative estimate of drug-likeness (QED) is 0.823. The van der Waals surface area contributed by atoms with E-state index >= 15 is 0 Å². The second-order valence-electron chi connectivity index (χ2n) is 4.77. The van der Waals surface area contributed by atoms with Crippen molar-refractivity contribution in [3.63, 3.8) is 0 Å². The van der Waals surface area contributed by atoms with Gasteiger partial charge in [-0.15, -0.1) is 0 Å². The van der Waals surface area contributed by atoms with Crippen molar-refractivity contribution in [1.29, 1.82) is 0 Å². The molecule has 1 rings (SSSR count). The van der Waals surface area contributed by atoms with Crippen LogP contribution in [0.1, 0.15) is 26.3 Å². The van der Waals surface area contributed by atoms with Gasteiger partial charge < -0.3 is 5.32 Å². The van der Waals surface area contributed by atoms with Crippen LogP contribution < -0.4 is 5.32 Å². The summed E-state index contributed by atoms with van der Waals surface area (Å²) in [4.78, 5) is 0. The summed E-state index contributed by atoms with van der Waals surface area (Å²) in [7, 11) is 0. The summed E-state index contributed by atoms with van der Waals surface area (Å²) in [5.41, 5.74) is 1.33. The van der Waals surface area contributed by atoms with E-state index in [4.69, 9.17) is 0 Å². The molecule has 0 radical (unpaired) electrons. The van der Waals surface area contributed by atoms with E-state index in [2.05, 4.69) is 66.3 Å². The second-order valence-corrected chi connectivity index (χ2v) is 7.60. The van der Waals surface area contributed by atoms with Gasteiger partial charge in [-0.05, 0) is 17.7 Å². The van der Waals surface area contributed by atoms with Crippen molar-refractivity contribution in [2.24, 2.45) is 0 Å². The zero-order chi connectivity index (χ0) is 12.0. The van der Waals surface area contributed by atoms with Crippen molar-refractivity contribution < 1.29 is 0 Å². The van der Waals surface area contributed by atoms with Gasteiger partial charge in [-0.1, -0.05) is 48.8 Å². The van der Waals surface area contributed by atoms with Crippen molar-refractivity contribution >= 4 is 27.7 Å². The third-order valence-electron chi connectivity index (χ3n) is 2.03. The number of nitrogens with one attached hydrogen (secondary N) is 1. The molecule has 0 aliphatic carbocycles. The minimum atomic E-state index is 0.372. The average molecular weight is 302 g/mol. The molecule has 0 aliphatic rings. The molecule has 0 aliphatic heterocycles. The second kappa shape index (κ2) is 6.67. The Bertz CT molecular complexity index is 320. The minimum absolute atomic E-state index is 0.372. The molecule has 1 aromatic rings. The summed E-state index contributed by atoms with van der Waals surface area (Å²) in [6.45, 7) is 8.78. The van der Waals surface area contributed by atoms with Crippen LogP contribution >= 0.6 is 27.7 Å². The molecule has 0 unspecified atom stereocenters. The Morgan fingerprint density at radius 1 is 1.31 bits per heavy atom. The molecule has 0 atom stereocenters. The molecule has 1 N–H and O–H groups in total. The fourth-order valence-electron chi connectivity index (χ4n) is 1.31. The highest BCUT2D eigenvalue weighted by Crippen LogP contribution is 2.22. The molecule has 0 aromatic heterocycles. The van der Waals surface area contributed by atoms with E-state index in [1.807, 2.05) is 11.8 Å². The SMILES string of the molecule is CC(C)(C)SCCNCc1cccc(Br)c1. The fraction of sp³-hybridized carbons (Fsp3) is 0.538. The lowest BCUT2D eigenvalue weighted by molar-refractivity contribution is 0.725. The number of hydrogen-bond donors (Lipinski definition) is 1. The van der Waals surface area contributed by atoms with Gasteiger partial charge in [0, 0.05) is 28.1 Å². The summed E-state index contributed by atoms with van der Waals surface area (Å²) < 4.78 is 1.52. The molecule has 0 amide bonds. The largest absolute Gasteiger partial charge is 0.312 e. The molecule has 3 heteroatoms. The number of benzene rings is 1. The first-order chi connectivity index (χ1) is 7.47. The van der Waals surface area contributed by atoms with Crippen LogP contribution in [-0.2, 0) is 6.54 Å². The summed E-state index contributed by atoms with van der Waals surface area (Å²) in [5.74, 6) is 1.16. The predicted octanol–water partition coefficient (Wildman–Crippen LogP) is 4.07. The van der Waals surface area contributed by atoms with Crippen LogP contribution in [0.25, 0.3) is 0 Å². The Balaban J connectivity index is 2.17. The topological polar surface area (TPSA) is 12.0 Å². The lowest BCUT2D eigenvalue weighted by Crippen LogP contribution is -2.19. The molecule has 16 heavy (non-hydrogen) atoms. The zero-order valence-electron chi connectivity index (χ0n) is 10.2. The van der Waals surface area contributed by atoms with Crippen LogP contribution in [0.3, 0.4) is 0 Å². The monoisotopic (exact) mass is 301 g/mol. The average Bonchev–Trinajstić information content (AvgIpc) is 2.15. The maximum atomic E-state index is 3.48. The van der Waals surface area contributed by atoms with Gasteiger partial charge in [0.1, 0.15) is 0 Å². The number of rotatable bonds is 5. The molecule has 1 nitrogen and oxygen atoms in total. The fourth-order valence-corrected chi connectivity index (χ4v) is 2.61. The number of thioether (sulfide) groups is 1. The lowest BCUT2D eigenvalue weighted by atomic mass is 10.2. The maximum Gasteiger partial charge on any atom is 0.0206 e. The standard InChI is InChI=1S/C13H20BrNS/c1-13(2,3)16-8-7-15-10-11-5-4-6-12(14)9-11/h4-6,9,15H,7-8,10H2,1-3H3. The van der Waals surface area contributed by atoms with Crippen LogP contribution in [0, 0.1) is 0 Å². The van der Waals surface area contributed by atoms with Gasteiger partial charge in [-0.2, -0.15) is 11.8 Å². The summed E-state index contributed by atoms with van der Waals surface area (Å²) in [6.07, 6.45) is 0. The van der Waals surface area contributed by atoms with E-state index in [0.29, 0.717) is 4.75 Å². The molecular formula is C13H20BrNS. The van der Waals surface area contributed by atoms with Crippen LogP contribution in [0.15, 0.2) is 28.7 Å². The first kappa shape index (κ1) is 14.1. The molecule has 0 spiro atoms. The third-order valence-corrected chi connectivity index (χ3v) is 3.80. The molecule has 0 saturated carbocycles. The van der Waals surface area contributed by atoms with Gasteiger partial charge in [0.25, 0.3) is 0 Å². The van der Waals surface area contributed by atoms with Gasteiger partial charge >= 0.3 is 0 Å². The summed E-state index contributed by atoms with van der Waals surface area (Å²) >= 11 is 5.48. The molecule has 90 valence electrons. The maximum absolute atomic E-state index is 3.48. The van der Waals surface area contributed by atoms with E-state index in [-0.39, 0.29) is 0 Å². The molecule has 0 bridgehead atoms. The predicted molar refractivity (Wildman–Crippen MR) is 78.1 cm³/mol.